The number of aryl methyl sites for hydroxylation is 1. The minimum absolute atomic E-state index is 0.158. The zero-order valence-corrected chi connectivity index (χ0v) is 13.7. The summed E-state index contributed by atoms with van der Waals surface area (Å²) in [5.74, 6) is 0.601. The van der Waals surface area contributed by atoms with Crippen molar-refractivity contribution in [2.24, 2.45) is 0 Å². The Morgan fingerprint density at radius 2 is 1.86 bits per heavy atom. The third-order valence-corrected chi connectivity index (χ3v) is 3.68. The maximum Gasteiger partial charge on any atom is 0.227 e. The molecule has 1 amide bonds. The van der Waals surface area contributed by atoms with Gasteiger partial charge >= 0.3 is 0 Å². The summed E-state index contributed by atoms with van der Waals surface area (Å²) in [6.45, 7) is 2.41. The number of rotatable bonds is 6. The van der Waals surface area contributed by atoms with E-state index < -0.39 is 0 Å². The van der Waals surface area contributed by atoms with Crippen molar-refractivity contribution in [3.63, 3.8) is 0 Å². The number of carbonyl (C=O) groups excluding carboxylic acids is 1. The summed E-state index contributed by atoms with van der Waals surface area (Å²) in [5.41, 5.74) is 1.80. The van der Waals surface area contributed by atoms with E-state index in [9.17, 15) is 4.79 Å². The molecule has 0 saturated heterocycles. The molecule has 2 aromatic carbocycles. The summed E-state index contributed by atoms with van der Waals surface area (Å²) < 4.78 is 5.55. The van der Waals surface area contributed by atoms with Crippen LogP contribution in [0.15, 0.2) is 42.5 Å². The number of anilines is 1. The van der Waals surface area contributed by atoms with Crippen LogP contribution in [0.1, 0.15) is 18.9 Å². The van der Waals surface area contributed by atoms with Gasteiger partial charge in [-0.3, -0.25) is 4.79 Å². The van der Waals surface area contributed by atoms with Crippen molar-refractivity contribution in [2.45, 2.75) is 19.8 Å². The van der Waals surface area contributed by atoms with E-state index in [0.29, 0.717) is 22.3 Å². The molecule has 0 radical (unpaired) electrons. The SMILES string of the molecule is CCc1ccc(OCCC(=O)Nc2ccc(Cl)cc2Cl)cc1. The molecule has 5 heteroatoms. The van der Waals surface area contributed by atoms with Gasteiger partial charge in [0.25, 0.3) is 0 Å². The maximum atomic E-state index is 11.9. The number of nitrogens with one attached hydrogen (secondary N) is 1. The molecule has 0 aromatic heterocycles. The van der Waals surface area contributed by atoms with Gasteiger partial charge in [0.15, 0.2) is 0 Å². The van der Waals surface area contributed by atoms with Crippen LogP contribution in [-0.4, -0.2) is 12.5 Å². The highest BCUT2D eigenvalue weighted by Crippen LogP contribution is 2.25. The van der Waals surface area contributed by atoms with E-state index in [1.807, 2.05) is 24.3 Å². The summed E-state index contributed by atoms with van der Waals surface area (Å²) in [5, 5.41) is 3.68. The zero-order valence-electron chi connectivity index (χ0n) is 12.2. The van der Waals surface area contributed by atoms with Crippen LogP contribution in [0.3, 0.4) is 0 Å². The van der Waals surface area contributed by atoms with Crippen LogP contribution in [0.5, 0.6) is 5.75 Å². The van der Waals surface area contributed by atoms with E-state index in [1.165, 1.54) is 5.56 Å². The molecule has 1 N–H and O–H groups in total. The lowest BCUT2D eigenvalue weighted by Crippen LogP contribution is -2.15. The quantitative estimate of drug-likeness (QED) is 0.808. The second-order valence-electron chi connectivity index (χ2n) is 4.77. The molecule has 3 nitrogen and oxygen atoms in total. The standard InChI is InChI=1S/C17H17Cl2NO2/c1-2-12-3-6-14(7-4-12)22-10-9-17(21)20-16-8-5-13(18)11-15(16)19/h3-8,11H,2,9-10H2,1H3,(H,20,21). The maximum absolute atomic E-state index is 11.9. The number of hydrogen-bond donors (Lipinski definition) is 1. The average Bonchev–Trinajstić information content (AvgIpc) is 2.51. The molecule has 0 fully saturated rings. The summed E-state index contributed by atoms with van der Waals surface area (Å²) >= 11 is 11.8. The van der Waals surface area contributed by atoms with E-state index in [2.05, 4.69) is 12.2 Å². The first-order chi connectivity index (χ1) is 10.6. The lowest BCUT2D eigenvalue weighted by Gasteiger charge is -2.09. The predicted octanol–water partition coefficient (Wildman–Crippen LogP) is 4.96. The molecule has 0 heterocycles. The molecule has 0 spiro atoms. The lowest BCUT2D eigenvalue weighted by atomic mass is 10.2. The molecule has 22 heavy (non-hydrogen) atoms. The molecule has 2 aromatic rings. The van der Waals surface area contributed by atoms with Crippen LogP contribution in [0.25, 0.3) is 0 Å². The van der Waals surface area contributed by atoms with E-state index in [4.69, 9.17) is 27.9 Å². The second kappa shape index (κ2) is 8.06. The van der Waals surface area contributed by atoms with Gasteiger partial charge in [0.2, 0.25) is 5.91 Å². The Hall–Kier alpha value is -1.71. The highest BCUT2D eigenvalue weighted by Gasteiger charge is 2.06. The van der Waals surface area contributed by atoms with E-state index in [-0.39, 0.29) is 12.3 Å². The molecule has 0 aliphatic carbocycles. The van der Waals surface area contributed by atoms with Crippen LogP contribution >= 0.6 is 23.2 Å². The predicted molar refractivity (Wildman–Crippen MR) is 91.0 cm³/mol. The minimum atomic E-state index is -0.158. The Labute approximate surface area is 140 Å². The first kappa shape index (κ1) is 16.7. The average molecular weight is 338 g/mol. The van der Waals surface area contributed by atoms with Gasteiger partial charge in [-0.1, -0.05) is 42.3 Å². The number of benzene rings is 2. The first-order valence-corrected chi connectivity index (χ1v) is 7.80. The molecule has 0 unspecified atom stereocenters. The fraction of sp³-hybridized carbons (Fsp3) is 0.235. The van der Waals surface area contributed by atoms with E-state index in [1.54, 1.807) is 18.2 Å². The summed E-state index contributed by atoms with van der Waals surface area (Å²) in [7, 11) is 0. The summed E-state index contributed by atoms with van der Waals surface area (Å²) in [6.07, 6.45) is 1.24. The summed E-state index contributed by atoms with van der Waals surface area (Å²) in [4.78, 5) is 11.9. The topological polar surface area (TPSA) is 38.3 Å². The number of carbonyl (C=O) groups is 1. The van der Waals surface area contributed by atoms with Gasteiger partial charge < -0.3 is 10.1 Å². The minimum Gasteiger partial charge on any atom is -0.493 e. The Morgan fingerprint density at radius 3 is 2.50 bits per heavy atom. The normalized spacial score (nSPS) is 10.3. The van der Waals surface area contributed by atoms with Crippen LogP contribution in [0.4, 0.5) is 5.69 Å². The monoisotopic (exact) mass is 337 g/mol. The molecule has 0 saturated carbocycles. The molecular formula is C17H17Cl2NO2. The van der Waals surface area contributed by atoms with Gasteiger partial charge in [0, 0.05) is 5.02 Å². The van der Waals surface area contributed by atoms with Crippen molar-refractivity contribution in [1.29, 1.82) is 0 Å². The highest BCUT2D eigenvalue weighted by molar-refractivity contribution is 6.36. The van der Waals surface area contributed by atoms with Gasteiger partial charge in [0.05, 0.1) is 23.7 Å². The molecule has 0 aliphatic heterocycles. The van der Waals surface area contributed by atoms with Gasteiger partial charge in [-0.2, -0.15) is 0 Å². The van der Waals surface area contributed by atoms with Gasteiger partial charge in [-0.05, 0) is 42.3 Å². The Kier molecular flexibility index (Phi) is 6.10. The molecule has 0 bridgehead atoms. The van der Waals surface area contributed by atoms with Crippen molar-refractivity contribution in [1.82, 2.24) is 0 Å². The third kappa shape index (κ3) is 4.93. The van der Waals surface area contributed by atoms with Crippen LogP contribution in [0.2, 0.25) is 10.0 Å². The smallest absolute Gasteiger partial charge is 0.227 e. The van der Waals surface area contributed by atoms with Gasteiger partial charge in [-0.25, -0.2) is 0 Å². The van der Waals surface area contributed by atoms with E-state index in [0.717, 1.165) is 12.2 Å². The summed E-state index contributed by atoms with van der Waals surface area (Å²) in [6, 6.07) is 12.8. The number of ether oxygens (including phenoxy) is 1. The van der Waals surface area contributed by atoms with Crippen LogP contribution in [-0.2, 0) is 11.2 Å². The van der Waals surface area contributed by atoms with E-state index >= 15 is 0 Å². The molecular weight excluding hydrogens is 321 g/mol. The van der Waals surface area contributed by atoms with Crippen LogP contribution < -0.4 is 10.1 Å². The third-order valence-electron chi connectivity index (χ3n) is 3.13. The van der Waals surface area contributed by atoms with Gasteiger partial charge in [0.1, 0.15) is 5.75 Å². The van der Waals surface area contributed by atoms with Crippen molar-refractivity contribution in [3.8, 4) is 5.75 Å². The molecule has 0 atom stereocenters. The van der Waals surface area contributed by atoms with Crippen molar-refractivity contribution < 1.29 is 9.53 Å². The second-order valence-corrected chi connectivity index (χ2v) is 5.61. The van der Waals surface area contributed by atoms with Crippen molar-refractivity contribution in [3.05, 3.63) is 58.1 Å². The number of hydrogen-bond acceptors (Lipinski definition) is 2. The highest BCUT2D eigenvalue weighted by atomic mass is 35.5. The Bertz CT molecular complexity index is 642. The van der Waals surface area contributed by atoms with Gasteiger partial charge in [-0.15, -0.1) is 0 Å². The Morgan fingerprint density at radius 1 is 1.14 bits per heavy atom. The Balaban J connectivity index is 1.79. The zero-order chi connectivity index (χ0) is 15.9. The van der Waals surface area contributed by atoms with Crippen molar-refractivity contribution >= 4 is 34.8 Å². The fourth-order valence-electron chi connectivity index (χ4n) is 1.89. The fourth-order valence-corrected chi connectivity index (χ4v) is 2.34. The molecule has 116 valence electrons. The van der Waals surface area contributed by atoms with Crippen LogP contribution in [0, 0.1) is 0 Å². The largest absolute Gasteiger partial charge is 0.493 e. The number of halogens is 2. The first-order valence-electron chi connectivity index (χ1n) is 7.05. The van der Waals surface area contributed by atoms with Crippen molar-refractivity contribution in [2.75, 3.05) is 11.9 Å². The molecule has 2 rings (SSSR count). The lowest BCUT2D eigenvalue weighted by molar-refractivity contribution is -0.116. The number of amides is 1. The molecule has 0 aliphatic rings.